The van der Waals surface area contributed by atoms with Gasteiger partial charge in [-0.3, -0.25) is 4.98 Å². The van der Waals surface area contributed by atoms with Gasteiger partial charge in [-0.25, -0.2) is 14.4 Å². The van der Waals surface area contributed by atoms with E-state index in [0.29, 0.717) is 5.82 Å². The van der Waals surface area contributed by atoms with Crippen molar-refractivity contribution in [2.24, 2.45) is 0 Å². The molecule has 0 radical (unpaired) electrons. The molecule has 0 bridgehead atoms. The summed E-state index contributed by atoms with van der Waals surface area (Å²) in [7, 11) is 0. The van der Waals surface area contributed by atoms with Crippen molar-refractivity contribution >= 4 is 32.3 Å². The molecule has 0 aliphatic carbocycles. The van der Waals surface area contributed by atoms with E-state index in [1.807, 2.05) is 30.5 Å². The average molecular weight is 528 g/mol. The van der Waals surface area contributed by atoms with Gasteiger partial charge in [0.2, 0.25) is 0 Å². The van der Waals surface area contributed by atoms with Gasteiger partial charge in [-0.1, -0.05) is 78.9 Å². The standard InChI is InChI=1S/C37H22FN3/c38-28-16-12-23(13-17-28)33-21-34(30-9-2-1-8-29(30)27-7-4-20-39-22-27)41-37(40-33)32-19-15-26-11-10-24-5-3-6-25-14-18-31(32)36(26)35(24)25/h1-22H. The lowest BCUT2D eigenvalue weighted by Crippen LogP contribution is -1.98. The highest BCUT2D eigenvalue weighted by molar-refractivity contribution is 6.25. The van der Waals surface area contributed by atoms with Gasteiger partial charge in [-0.2, -0.15) is 0 Å². The molecule has 0 N–H and O–H groups in total. The minimum atomic E-state index is -0.281. The van der Waals surface area contributed by atoms with E-state index in [1.165, 1.54) is 39.1 Å². The van der Waals surface area contributed by atoms with E-state index in [1.54, 1.807) is 18.3 Å². The van der Waals surface area contributed by atoms with E-state index in [4.69, 9.17) is 9.97 Å². The van der Waals surface area contributed by atoms with Crippen LogP contribution in [-0.4, -0.2) is 15.0 Å². The molecule has 0 amide bonds. The Hall–Kier alpha value is -5.48. The van der Waals surface area contributed by atoms with Gasteiger partial charge in [0.05, 0.1) is 11.4 Å². The molecule has 8 rings (SSSR count). The number of nitrogens with zero attached hydrogens (tertiary/aromatic N) is 3. The quantitative estimate of drug-likeness (QED) is 0.214. The fourth-order valence-corrected chi connectivity index (χ4v) is 5.88. The number of hydrogen-bond donors (Lipinski definition) is 0. The maximum atomic E-state index is 13.9. The van der Waals surface area contributed by atoms with Crippen LogP contribution >= 0.6 is 0 Å². The number of benzene rings is 6. The van der Waals surface area contributed by atoms with Gasteiger partial charge >= 0.3 is 0 Å². The van der Waals surface area contributed by atoms with E-state index in [-0.39, 0.29) is 5.82 Å². The van der Waals surface area contributed by atoms with Crippen LogP contribution in [0.3, 0.4) is 0 Å². The van der Waals surface area contributed by atoms with Crippen molar-refractivity contribution in [2.45, 2.75) is 0 Å². The minimum absolute atomic E-state index is 0.281. The van der Waals surface area contributed by atoms with Gasteiger partial charge in [0, 0.05) is 34.6 Å². The lowest BCUT2D eigenvalue weighted by molar-refractivity contribution is 0.628. The van der Waals surface area contributed by atoms with Gasteiger partial charge in [0.1, 0.15) is 5.82 Å². The fourth-order valence-electron chi connectivity index (χ4n) is 5.88. The fraction of sp³-hybridized carbons (Fsp3) is 0. The predicted octanol–water partition coefficient (Wildman–Crippen LogP) is 9.58. The first-order chi connectivity index (χ1) is 20.2. The largest absolute Gasteiger partial charge is 0.264 e. The molecule has 0 aliphatic heterocycles. The zero-order valence-corrected chi connectivity index (χ0v) is 21.9. The van der Waals surface area contributed by atoms with Crippen LogP contribution < -0.4 is 0 Å². The topological polar surface area (TPSA) is 38.7 Å². The second kappa shape index (κ2) is 9.32. The average Bonchev–Trinajstić information content (AvgIpc) is 3.04. The molecule has 192 valence electrons. The first-order valence-corrected chi connectivity index (χ1v) is 13.5. The van der Waals surface area contributed by atoms with Crippen molar-refractivity contribution < 1.29 is 4.39 Å². The molecular formula is C37H22FN3. The predicted molar refractivity (Wildman–Crippen MR) is 165 cm³/mol. The van der Waals surface area contributed by atoms with Crippen molar-refractivity contribution in [1.29, 1.82) is 0 Å². The van der Waals surface area contributed by atoms with Crippen LogP contribution in [0.2, 0.25) is 0 Å². The summed E-state index contributed by atoms with van der Waals surface area (Å²) in [6.45, 7) is 0. The summed E-state index contributed by atoms with van der Waals surface area (Å²) in [5, 5.41) is 7.18. The Morgan fingerprint density at radius 2 is 1.20 bits per heavy atom. The Morgan fingerprint density at radius 1 is 0.488 bits per heavy atom. The molecule has 2 heterocycles. The molecule has 0 aliphatic rings. The molecule has 41 heavy (non-hydrogen) atoms. The molecule has 0 unspecified atom stereocenters. The van der Waals surface area contributed by atoms with Crippen molar-refractivity contribution in [3.05, 3.63) is 140 Å². The monoisotopic (exact) mass is 527 g/mol. The van der Waals surface area contributed by atoms with Crippen LogP contribution in [-0.2, 0) is 0 Å². The SMILES string of the molecule is Fc1ccc(-c2cc(-c3ccccc3-c3cccnc3)nc(-c3ccc4ccc5cccc6ccc3c4c56)n2)cc1. The zero-order valence-electron chi connectivity index (χ0n) is 21.9. The molecule has 0 atom stereocenters. The Kier molecular flexibility index (Phi) is 5.32. The van der Waals surface area contributed by atoms with Gasteiger partial charge in [-0.05, 0) is 80.3 Å². The number of halogens is 1. The molecule has 3 nitrogen and oxygen atoms in total. The molecule has 8 aromatic rings. The van der Waals surface area contributed by atoms with Crippen LogP contribution in [0.25, 0.3) is 77.3 Å². The summed E-state index contributed by atoms with van der Waals surface area (Å²) in [5.74, 6) is 0.345. The smallest absolute Gasteiger partial charge is 0.161 e. The molecule has 0 saturated heterocycles. The molecule has 0 saturated carbocycles. The highest BCUT2D eigenvalue weighted by Crippen LogP contribution is 2.40. The third-order valence-corrected chi connectivity index (χ3v) is 7.81. The Bertz CT molecular complexity index is 2190. The second-order valence-electron chi connectivity index (χ2n) is 10.2. The molecular weight excluding hydrogens is 505 g/mol. The minimum Gasteiger partial charge on any atom is -0.264 e. The highest BCUT2D eigenvalue weighted by atomic mass is 19.1. The number of aromatic nitrogens is 3. The van der Waals surface area contributed by atoms with Crippen LogP contribution in [0.4, 0.5) is 4.39 Å². The Labute approximate surface area is 236 Å². The van der Waals surface area contributed by atoms with E-state index in [2.05, 4.69) is 77.8 Å². The maximum Gasteiger partial charge on any atom is 0.161 e. The first kappa shape index (κ1) is 23.4. The van der Waals surface area contributed by atoms with Crippen molar-refractivity contribution in [2.75, 3.05) is 0 Å². The highest BCUT2D eigenvalue weighted by Gasteiger charge is 2.17. The number of hydrogen-bond acceptors (Lipinski definition) is 3. The summed E-state index contributed by atoms with van der Waals surface area (Å²) in [6, 6.07) is 40.1. The third kappa shape index (κ3) is 3.92. The van der Waals surface area contributed by atoms with E-state index in [0.717, 1.165) is 44.6 Å². The van der Waals surface area contributed by atoms with Crippen LogP contribution in [0.1, 0.15) is 0 Å². The van der Waals surface area contributed by atoms with Crippen molar-refractivity contribution in [1.82, 2.24) is 15.0 Å². The molecule has 4 heteroatoms. The second-order valence-corrected chi connectivity index (χ2v) is 10.2. The number of rotatable bonds is 4. The summed E-state index contributed by atoms with van der Waals surface area (Å²) in [5.41, 5.74) is 6.33. The van der Waals surface area contributed by atoms with Gasteiger partial charge in [-0.15, -0.1) is 0 Å². The Balaban J connectivity index is 1.42. The third-order valence-electron chi connectivity index (χ3n) is 7.81. The summed E-state index contributed by atoms with van der Waals surface area (Å²) in [6.07, 6.45) is 3.64. The van der Waals surface area contributed by atoms with Gasteiger partial charge in [0.15, 0.2) is 5.82 Å². The first-order valence-electron chi connectivity index (χ1n) is 13.5. The Morgan fingerprint density at radius 3 is 1.98 bits per heavy atom. The van der Waals surface area contributed by atoms with Crippen molar-refractivity contribution in [3.63, 3.8) is 0 Å². The van der Waals surface area contributed by atoms with Crippen molar-refractivity contribution in [3.8, 4) is 45.0 Å². The van der Waals surface area contributed by atoms with Crippen LogP contribution in [0.5, 0.6) is 0 Å². The lowest BCUT2D eigenvalue weighted by atomic mass is 9.91. The van der Waals surface area contributed by atoms with E-state index in [9.17, 15) is 4.39 Å². The van der Waals surface area contributed by atoms with Crippen LogP contribution in [0, 0.1) is 5.82 Å². The lowest BCUT2D eigenvalue weighted by Gasteiger charge is -2.15. The maximum absolute atomic E-state index is 13.9. The zero-order chi connectivity index (χ0) is 27.3. The molecule has 0 spiro atoms. The van der Waals surface area contributed by atoms with Crippen LogP contribution in [0.15, 0.2) is 134 Å². The molecule has 0 fully saturated rings. The summed E-state index contributed by atoms with van der Waals surface area (Å²) >= 11 is 0. The molecule has 6 aromatic carbocycles. The molecule has 2 aromatic heterocycles. The normalized spacial score (nSPS) is 11.5. The summed E-state index contributed by atoms with van der Waals surface area (Å²) < 4.78 is 13.9. The van der Waals surface area contributed by atoms with E-state index >= 15 is 0 Å². The van der Waals surface area contributed by atoms with E-state index < -0.39 is 0 Å². The summed E-state index contributed by atoms with van der Waals surface area (Å²) in [4.78, 5) is 14.6. The number of pyridine rings is 1. The van der Waals surface area contributed by atoms with Gasteiger partial charge < -0.3 is 0 Å². The van der Waals surface area contributed by atoms with Gasteiger partial charge in [0.25, 0.3) is 0 Å².